The molecule has 3 unspecified atom stereocenters. The molecule has 1 fully saturated rings. The number of hydroxylamine groups is 1. The highest BCUT2D eigenvalue weighted by molar-refractivity contribution is 5.91. The van der Waals surface area contributed by atoms with E-state index < -0.39 is 23.8 Å². The first-order valence-electron chi connectivity index (χ1n) is 11.3. The second kappa shape index (κ2) is 13.0. The van der Waals surface area contributed by atoms with Crippen LogP contribution in [0.1, 0.15) is 57.4 Å². The number of aromatic hydroxyl groups is 1. The fraction of sp³-hybridized carbons (Fsp3) is 0.609. The molecule has 1 aliphatic rings. The first-order valence-corrected chi connectivity index (χ1v) is 11.3. The van der Waals surface area contributed by atoms with E-state index in [1.165, 1.54) is 12.1 Å². The molecule has 0 spiro atoms. The van der Waals surface area contributed by atoms with Crippen molar-refractivity contribution in [2.45, 2.75) is 70.4 Å². The second-order valence-corrected chi connectivity index (χ2v) is 8.37. The summed E-state index contributed by atoms with van der Waals surface area (Å²) in [5, 5.41) is 30.9. The quantitative estimate of drug-likeness (QED) is 0.186. The number of aliphatic hydroxyl groups excluding tert-OH is 1. The molecule has 3 amide bonds. The highest BCUT2D eigenvalue weighted by atomic mass is 16.5. The van der Waals surface area contributed by atoms with Gasteiger partial charge in [0.15, 0.2) is 0 Å². The smallest absolute Gasteiger partial charge is 0.245 e. The highest BCUT2D eigenvalue weighted by Gasteiger charge is 2.35. The Hall–Kier alpha value is -2.65. The van der Waals surface area contributed by atoms with Crippen LogP contribution in [-0.2, 0) is 20.8 Å². The summed E-state index contributed by atoms with van der Waals surface area (Å²) in [5.74, 6) is -1.91. The zero-order valence-corrected chi connectivity index (χ0v) is 18.6. The molecule has 0 radical (unpaired) electrons. The molecule has 0 aromatic heterocycles. The molecule has 1 heterocycles. The predicted molar refractivity (Wildman–Crippen MR) is 118 cm³/mol. The molecule has 0 aliphatic carbocycles. The Morgan fingerprint density at radius 1 is 1.19 bits per heavy atom. The second-order valence-electron chi connectivity index (χ2n) is 8.37. The number of phenolic OH excluding ortho intramolecular Hbond substituents is 1. The van der Waals surface area contributed by atoms with Crippen LogP contribution in [0.5, 0.6) is 5.75 Å². The van der Waals surface area contributed by atoms with Gasteiger partial charge in [0.2, 0.25) is 17.7 Å². The minimum Gasteiger partial charge on any atom is -0.508 e. The Morgan fingerprint density at radius 3 is 2.53 bits per heavy atom. The number of phenols is 1. The van der Waals surface area contributed by atoms with Crippen molar-refractivity contribution in [3.05, 3.63) is 29.8 Å². The van der Waals surface area contributed by atoms with Crippen LogP contribution in [0.3, 0.4) is 0 Å². The molecule has 1 aromatic rings. The van der Waals surface area contributed by atoms with Crippen molar-refractivity contribution < 1.29 is 29.8 Å². The maximum atomic E-state index is 13.3. The number of amides is 3. The third kappa shape index (κ3) is 7.49. The topological polar surface area (TPSA) is 139 Å². The lowest BCUT2D eigenvalue weighted by Crippen LogP contribution is -2.53. The number of benzene rings is 1. The molecular weight excluding hydrogens is 414 g/mol. The maximum absolute atomic E-state index is 13.3. The average Bonchev–Trinajstić information content (AvgIpc) is 3.27. The van der Waals surface area contributed by atoms with E-state index in [1.54, 1.807) is 22.5 Å². The van der Waals surface area contributed by atoms with Crippen LogP contribution >= 0.6 is 0 Å². The van der Waals surface area contributed by atoms with Gasteiger partial charge in [-0.3, -0.25) is 19.6 Å². The van der Waals surface area contributed by atoms with Crippen LogP contribution in [0.15, 0.2) is 24.3 Å². The Bertz CT molecular complexity index is 755. The van der Waals surface area contributed by atoms with Gasteiger partial charge in [-0.15, -0.1) is 0 Å². The summed E-state index contributed by atoms with van der Waals surface area (Å²) >= 11 is 0. The predicted octanol–water partition coefficient (Wildman–Crippen LogP) is 1.49. The summed E-state index contributed by atoms with van der Waals surface area (Å²) in [6.07, 6.45) is 4.62. The molecule has 0 bridgehead atoms. The molecule has 1 saturated heterocycles. The molecular formula is C23H35N3O6. The van der Waals surface area contributed by atoms with Gasteiger partial charge < -0.3 is 20.4 Å². The average molecular weight is 450 g/mol. The normalized spacial score (nSPS) is 17.6. The summed E-state index contributed by atoms with van der Waals surface area (Å²) in [4.78, 5) is 39.7. The van der Waals surface area contributed by atoms with E-state index in [-0.39, 0.29) is 37.1 Å². The number of likely N-dealkylation sites (tertiary alicyclic amines) is 1. The van der Waals surface area contributed by atoms with Crippen LogP contribution in [0.25, 0.3) is 0 Å². The SMILES string of the molecule is CCCCCC(CC(=O)NO)C(=O)NC(Cc1ccc(O)cc1)C(=O)N1CCCC1CO. The number of rotatable bonds is 12. The van der Waals surface area contributed by atoms with Crippen molar-refractivity contribution >= 4 is 17.7 Å². The Kier molecular flexibility index (Phi) is 10.4. The molecule has 178 valence electrons. The van der Waals surface area contributed by atoms with Gasteiger partial charge in [0, 0.05) is 25.3 Å². The van der Waals surface area contributed by atoms with Gasteiger partial charge in [-0.1, -0.05) is 38.3 Å². The van der Waals surface area contributed by atoms with Gasteiger partial charge in [-0.2, -0.15) is 0 Å². The number of carbonyl (C=O) groups is 3. The maximum Gasteiger partial charge on any atom is 0.245 e. The van der Waals surface area contributed by atoms with Crippen LogP contribution in [-0.4, -0.2) is 63.3 Å². The molecule has 5 N–H and O–H groups in total. The molecule has 1 aromatic carbocycles. The van der Waals surface area contributed by atoms with Crippen molar-refractivity contribution in [1.29, 1.82) is 0 Å². The lowest BCUT2D eigenvalue weighted by molar-refractivity contribution is -0.139. The van der Waals surface area contributed by atoms with E-state index in [0.29, 0.717) is 19.4 Å². The molecule has 9 nitrogen and oxygen atoms in total. The first kappa shape index (κ1) is 25.6. The summed E-state index contributed by atoms with van der Waals surface area (Å²) < 4.78 is 0. The standard InChI is InChI=1S/C23H35N3O6/c1-2-3-4-6-17(14-21(29)25-32)22(30)24-20(13-16-8-10-19(28)11-9-16)23(31)26-12-5-7-18(26)15-27/h8-11,17-18,20,27-28,32H,2-7,12-15H2,1H3,(H,24,30)(H,25,29). The monoisotopic (exact) mass is 449 g/mol. The van der Waals surface area contributed by atoms with Crippen molar-refractivity contribution in [3.63, 3.8) is 0 Å². The molecule has 2 rings (SSSR count). The summed E-state index contributed by atoms with van der Waals surface area (Å²) in [6, 6.07) is 5.27. The van der Waals surface area contributed by atoms with Crippen molar-refractivity contribution in [3.8, 4) is 5.75 Å². The van der Waals surface area contributed by atoms with Crippen LogP contribution in [0.4, 0.5) is 0 Å². The number of nitrogens with zero attached hydrogens (tertiary/aromatic N) is 1. The lowest BCUT2D eigenvalue weighted by Gasteiger charge is -2.29. The Morgan fingerprint density at radius 2 is 1.91 bits per heavy atom. The van der Waals surface area contributed by atoms with Crippen LogP contribution in [0.2, 0.25) is 0 Å². The van der Waals surface area contributed by atoms with Gasteiger partial charge in [0.1, 0.15) is 11.8 Å². The minimum atomic E-state index is -0.870. The molecule has 32 heavy (non-hydrogen) atoms. The molecule has 9 heteroatoms. The van der Waals surface area contributed by atoms with Gasteiger partial charge in [-0.25, -0.2) is 5.48 Å². The molecule has 3 atom stereocenters. The van der Waals surface area contributed by atoms with Crippen molar-refractivity contribution in [2.24, 2.45) is 5.92 Å². The third-order valence-corrected chi connectivity index (χ3v) is 5.95. The number of hydrogen-bond acceptors (Lipinski definition) is 6. The van der Waals surface area contributed by atoms with E-state index in [1.807, 2.05) is 6.92 Å². The Balaban J connectivity index is 2.19. The number of hydrogen-bond donors (Lipinski definition) is 5. The number of aliphatic hydroxyl groups is 1. The minimum absolute atomic E-state index is 0.103. The van der Waals surface area contributed by atoms with E-state index in [0.717, 1.165) is 31.2 Å². The van der Waals surface area contributed by atoms with Crippen molar-refractivity contribution in [2.75, 3.05) is 13.2 Å². The molecule has 0 saturated carbocycles. The van der Waals surface area contributed by atoms with Gasteiger partial charge in [0.25, 0.3) is 0 Å². The van der Waals surface area contributed by atoms with E-state index >= 15 is 0 Å². The third-order valence-electron chi connectivity index (χ3n) is 5.95. The number of nitrogens with one attached hydrogen (secondary N) is 2. The summed E-state index contributed by atoms with van der Waals surface area (Å²) in [6.45, 7) is 2.41. The van der Waals surface area contributed by atoms with Crippen LogP contribution < -0.4 is 10.8 Å². The number of carbonyl (C=O) groups excluding carboxylic acids is 3. The fourth-order valence-corrected chi connectivity index (χ4v) is 4.11. The van der Waals surface area contributed by atoms with Gasteiger partial charge >= 0.3 is 0 Å². The van der Waals surface area contributed by atoms with E-state index in [4.69, 9.17) is 5.21 Å². The van der Waals surface area contributed by atoms with Gasteiger partial charge in [-0.05, 0) is 37.0 Å². The summed E-state index contributed by atoms with van der Waals surface area (Å²) in [5.41, 5.74) is 2.34. The van der Waals surface area contributed by atoms with Gasteiger partial charge in [0.05, 0.1) is 12.6 Å². The zero-order chi connectivity index (χ0) is 23.5. The largest absolute Gasteiger partial charge is 0.508 e. The fourth-order valence-electron chi connectivity index (χ4n) is 4.11. The first-order chi connectivity index (χ1) is 15.4. The summed E-state index contributed by atoms with van der Waals surface area (Å²) in [7, 11) is 0. The Labute approximate surface area is 188 Å². The van der Waals surface area contributed by atoms with Crippen LogP contribution in [0, 0.1) is 5.92 Å². The lowest BCUT2D eigenvalue weighted by atomic mass is 9.95. The van der Waals surface area contributed by atoms with Crippen molar-refractivity contribution in [1.82, 2.24) is 15.7 Å². The van der Waals surface area contributed by atoms with E-state index in [9.17, 15) is 24.6 Å². The highest BCUT2D eigenvalue weighted by Crippen LogP contribution is 2.21. The van der Waals surface area contributed by atoms with E-state index in [2.05, 4.69) is 5.32 Å². The zero-order valence-electron chi connectivity index (χ0n) is 18.6. The number of unbranched alkanes of at least 4 members (excludes halogenated alkanes) is 2. The molecule has 1 aliphatic heterocycles.